The molecule has 0 aliphatic carbocycles. The zero-order valence-electron chi connectivity index (χ0n) is 13.4. The highest BCUT2D eigenvalue weighted by atomic mass is 16.5. The Morgan fingerprint density at radius 1 is 1.36 bits per heavy atom. The average Bonchev–Trinajstić information content (AvgIpc) is 2.57. The lowest BCUT2D eigenvalue weighted by Crippen LogP contribution is -2.25. The van der Waals surface area contributed by atoms with Gasteiger partial charge < -0.3 is 20.9 Å². The zero-order chi connectivity index (χ0) is 18.4. The molecule has 2 rings (SSSR count). The van der Waals surface area contributed by atoms with Crippen LogP contribution in [0.25, 0.3) is 0 Å². The summed E-state index contributed by atoms with van der Waals surface area (Å²) in [5.74, 6) is -1.15. The van der Waals surface area contributed by atoms with Crippen LogP contribution >= 0.6 is 0 Å². The van der Waals surface area contributed by atoms with Gasteiger partial charge in [0, 0.05) is 23.1 Å². The molecule has 0 bridgehead atoms. The summed E-state index contributed by atoms with van der Waals surface area (Å²) in [6, 6.07) is 6.30. The number of primary amides is 1. The number of hydrogen-bond donors (Lipinski definition) is 4. The molecule has 130 valence electrons. The molecule has 0 saturated carbocycles. The molecule has 5 N–H and O–H groups in total. The van der Waals surface area contributed by atoms with E-state index in [0.717, 1.165) is 5.69 Å². The summed E-state index contributed by atoms with van der Waals surface area (Å²) in [6.07, 6.45) is 1.62. The number of carbonyl (C=O) groups is 2. The fourth-order valence-corrected chi connectivity index (χ4v) is 2.00. The van der Waals surface area contributed by atoms with Gasteiger partial charge in [0.05, 0.1) is 0 Å². The number of carboxylic acid groups (broad SMARTS) is 1. The number of rotatable bonds is 8. The van der Waals surface area contributed by atoms with Crippen molar-refractivity contribution in [2.24, 2.45) is 5.73 Å². The second kappa shape index (κ2) is 7.86. The number of nitrogens with zero attached hydrogens (tertiary/aromatic N) is 2. The maximum Gasteiger partial charge on any atom is 0.322 e. The van der Waals surface area contributed by atoms with Crippen molar-refractivity contribution in [2.75, 3.05) is 11.9 Å². The lowest BCUT2D eigenvalue weighted by atomic mass is 10.1. The molecule has 1 aromatic carbocycles. The fraction of sp³-hybridized carbons (Fsp3) is 0.188. The van der Waals surface area contributed by atoms with Crippen LogP contribution in [-0.4, -0.2) is 39.2 Å². The quantitative estimate of drug-likeness (QED) is 0.515. The van der Waals surface area contributed by atoms with Gasteiger partial charge in [-0.2, -0.15) is 0 Å². The summed E-state index contributed by atoms with van der Waals surface area (Å²) in [6.45, 7) is 1.57. The minimum atomic E-state index is -1.08. The number of benzene rings is 1. The molecule has 0 fully saturated rings. The van der Waals surface area contributed by atoms with Gasteiger partial charge in [-0.3, -0.25) is 15.0 Å². The van der Waals surface area contributed by atoms with Crippen molar-refractivity contribution in [1.82, 2.24) is 9.97 Å². The molecule has 0 spiro atoms. The van der Waals surface area contributed by atoms with Crippen LogP contribution in [-0.2, 0) is 16.2 Å². The van der Waals surface area contributed by atoms with Crippen molar-refractivity contribution in [3.63, 3.8) is 0 Å². The summed E-state index contributed by atoms with van der Waals surface area (Å²) in [7, 11) is 0. The lowest BCUT2D eigenvalue weighted by Gasteiger charge is -2.13. The number of nitrogens with two attached hydrogens (primary N) is 1. The molecule has 0 unspecified atom stereocenters. The lowest BCUT2D eigenvalue weighted by molar-refractivity contribution is -0.134. The molecule has 0 atom stereocenters. The number of carbonyl (C=O) groups excluding carboxylic acids is 1. The fourth-order valence-electron chi connectivity index (χ4n) is 2.00. The van der Waals surface area contributed by atoms with Crippen molar-refractivity contribution in [2.45, 2.75) is 13.5 Å². The number of amides is 1. The smallest absolute Gasteiger partial charge is 0.322 e. The molecule has 0 saturated heterocycles. The highest BCUT2D eigenvalue weighted by molar-refractivity contribution is 6.44. The maximum absolute atomic E-state index is 11.3. The number of nitrogens with one attached hydrogen (secondary N) is 2. The van der Waals surface area contributed by atoms with Crippen LogP contribution in [0.1, 0.15) is 17.1 Å². The molecule has 9 nitrogen and oxygen atoms in total. The number of aryl methyl sites for hydroxylation is 1. The number of ether oxygens (including phenoxy) is 1. The van der Waals surface area contributed by atoms with Gasteiger partial charge in [-0.25, -0.2) is 9.97 Å². The third-order valence-corrected chi connectivity index (χ3v) is 3.15. The number of aliphatic carboxylic acids is 1. The topological polar surface area (TPSA) is 151 Å². The standard InChI is InChI=1S/C16H17N5O4/c1-9-4-5-19-13(21-9)8-25-10-2-3-12(20-7-14(22)23)11(6-10)15(17)16(18)24/h2-6,17,20H,7-8H2,1H3,(H2,18,24)(H,22,23). The molecule has 1 aromatic heterocycles. The molecular weight excluding hydrogens is 326 g/mol. The van der Waals surface area contributed by atoms with E-state index in [-0.39, 0.29) is 18.7 Å². The normalized spacial score (nSPS) is 10.1. The predicted octanol–water partition coefficient (Wildman–Crippen LogP) is 0.714. The Hall–Kier alpha value is -3.49. The van der Waals surface area contributed by atoms with E-state index in [1.54, 1.807) is 18.3 Å². The molecule has 0 radical (unpaired) electrons. The van der Waals surface area contributed by atoms with E-state index in [1.807, 2.05) is 6.92 Å². The summed E-state index contributed by atoms with van der Waals surface area (Å²) >= 11 is 0. The number of carboxylic acids is 1. The van der Waals surface area contributed by atoms with Gasteiger partial charge in [-0.1, -0.05) is 0 Å². The van der Waals surface area contributed by atoms with Crippen LogP contribution < -0.4 is 15.8 Å². The predicted molar refractivity (Wildman–Crippen MR) is 89.7 cm³/mol. The van der Waals surface area contributed by atoms with Crippen molar-refractivity contribution >= 4 is 23.3 Å². The van der Waals surface area contributed by atoms with Gasteiger partial charge in [0.25, 0.3) is 5.91 Å². The second-order valence-corrected chi connectivity index (χ2v) is 5.10. The van der Waals surface area contributed by atoms with Gasteiger partial charge >= 0.3 is 5.97 Å². The number of anilines is 1. The van der Waals surface area contributed by atoms with Crippen LogP contribution in [0.3, 0.4) is 0 Å². The summed E-state index contributed by atoms with van der Waals surface area (Å²) in [5.41, 5.74) is 5.95. The van der Waals surface area contributed by atoms with Gasteiger partial charge in [0.2, 0.25) is 0 Å². The van der Waals surface area contributed by atoms with E-state index in [1.165, 1.54) is 12.1 Å². The van der Waals surface area contributed by atoms with E-state index in [2.05, 4.69) is 15.3 Å². The molecule has 1 heterocycles. The minimum Gasteiger partial charge on any atom is -0.486 e. The largest absolute Gasteiger partial charge is 0.486 e. The number of aromatic nitrogens is 2. The van der Waals surface area contributed by atoms with Crippen LogP contribution in [0.15, 0.2) is 30.5 Å². The molecular formula is C16H17N5O4. The molecule has 1 amide bonds. The Bertz CT molecular complexity index is 822. The van der Waals surface area contributed by atoms with Gasteiger partial charge in [-0.05, 0) is 31.2 Å². The molecule has 0 aliphatic heterocycles. The first-order valence-electron chi connectivity index (χ1n) is 7.26. The van der Waals surface area contributed by atoms with Crippen molar-refractivity contribution in [3.05, 3.63) is 47.5 Å². The second-order valence-electron chi connectivity index (χ2n) is 5.10. The third kappa shape index (κ3) is 4.99. The Morgan fingerprint density at radius 3 is 2.76 bits per heavy atom. The minimum absolute atomic E-state index is 0.104. The van der Waals surface area contributed by atoms with Crippen molar-refractivity contribution in [3.8, 4) is 5.75 Å². The number of hydrogen-bond acceptors (Lipinski definition) is 7. The molecule has 9 heteroatoms. The Morgan fingerprint density at radius 2 is 2.12 bits per heavy atom. The van der Waals surface area contributed by atoms with Crippen molar-refractivity contribution in [1.29, 1.82) is 5.41 Å². The first kappa shape index (κ1) is 17.9. The molecule has 2 aromatic rings. The highest BCUT2D eigenvalue weighted by Gasteiger charge is 2.15. The van der Waals surface area contributed by atoms with E-state index in [4.69, 9.17) is 21.0 Å². The summed E-state index contributed by atoms with van der Waals surface area (Å²) < 4.78 is 5.58. The zero-order valence-corrected chi connectivity index (χ0v) is 13.4. The van der Waals surface area contributed by atoms with E-state index < -0.39 is 17.6 Å². The van der Waals surface area contributed by atoms with Gasteiger partial charge in [-0.15, -0.1) is 0 Å². The Labute approximate surface area is 143 Å². The summed E-state index contributed by atoms with van der Waals surface area (Å²) in [5, 5.41) is 19.2. The van der Waals surface area contributed by atoms with E-state index in [0.29, 0.717) is 17.3 Å². The van der Waals surface area contributed by atoms with Crippen LogP contribution in [0.4, 0.5) is 5.69 Å². The first-order valence-corrected chi connectivity index (χ1v) is 7.26. The first-order chi connectivity index (χ1) is 11.9. The Balaban J connectivity index is 2.21. The van der Waals surface area contributed by atoms with Crippen LogP contribution in [0.5, 0.6) is 5.75 Å². The average molecular weight is 343 g/mol. The summed E-state index contributed by atoms with van der Waals surface area (Å²) in [4.78, 5) is 30.3. The highest BCUT2D eigenvalue weighted by Crippen LogP contribution is 2.23. The third-order valence-electron chi connectivity index (χ3n) is 3.15. The monoisotopic (exact) mass is 343 g/mol. The SMILES string of the molecule is Cc1ccnc(COc2ccc(NCC(=O)O)c(C(=N)C(N)=O)c2)n1. The van der Waals surface area contributed by atoms with Gasteiger partial charge in [0.15, 0.2) is 5.82 Å². The maximum atomic E-state index is 11.3. The molecule has 25 heavy (non-hydrogen) atoms. The van der Waals surface area contributed by atoms with Crippen molar-refractivity contribution < 1.29 is 19.4 Å². The van der Waals surface area contributed by atoms with E-state index >= 15 is 0 Å². The molecule has 0 aliphatic rings. The van der Waals surface area contributed by atoms with Crippen LogP contribution in [0, 0.1) is 12.3 Å². The van der Waals surface area contributed by atoms with Gasteiger partial charge in [0.1, 0.15) is 24.6 Å². The van der Waals surface area contributed by atoms with E-state index in [9.17, 15) is 9.59 Å². The van der Waals surface area contributed by atoms with Crippen LogP contribution in [0.2, 0.25) is 0 Å². The Kier molecular flexibility index (Phi) is 5.62.